The van der Waals surface area contributed by atoms with Crippen molar-refractivity contribution in [3.63, 3.8) is 0 Å². The van der Waals surface area contributed by atoms with Gasteiger partial charge in [-0.05, 0) is 97.4 Å². The highest BCUT2D eigenvalue weighted by molar-refractivity contribution is 6.54. The Kier molecular flexibility index (Phi) is 9.19. The summed E-state index contributed by atoms with van der Waals surface area (Å²) < 4.78 is 26.2. The maximum Gasteiger partial charge on any atom is 0.681 e. The second kappa shape index (κ2) is 9.20. The van der Waals surface area contributed by atoms with Crippen LogP contribution in [0.25, 0.3) is 0 Å². The van der Waals surface area contributed by atoms with E-state index in [4.69, 9.17) is 17.7 Å². The minimum atomic E-state index is -3.52. The summed E-state index contributed by atoms with van der Waals surface area (Å²) in [4.78, 5) is 4.19. The molecule has 0 aliphatic heterocycles. The van der Waals surface area contributed by atoms with E-state index >= 15 is 0 Å². The van der Waals surface area contributed by atoms with Gasteiger partial charge in [-0.15, -0.1) is 0 Å². The third kappa shape index (κ3) is 12.9. The molecule has 0 unspecified atom stereocenters. The molecule has 0 aromatic rings. The minimum absolute atomic E-state index is 0.472. The molecule has 0 radical (unpaired) electrons. The number of rotatable bonds is 10. The molecule has 7 heteroatoms. The first-order valence-corrected chi connectivity index (χ1v) is 11.4. The second-order valence-electron chi connectivity index (χ2n) is 11.1. The molecule has 0 saturated carbocycles. The summed E-state index contributed by atoms with van der Waals surface area (Å²) in [7, 11) is 4.59. The quantitative estimate of drug-likeness (QED) is 0.515. The molecule has 0 spiro atoms. The maximum atomic E-state index is 6.62. The average molecular weight is 407 g/mol. The predicted octanol–water partition coefficient (Wildman–Crippen LogP) is 3.77. The van der Waals surface area contributed by atoms with Gasteiger partial charge in [0.1, 0.15) is 0 Å². The van der Waals surface area contributed by atoms with Gasteiger partial charge in [-0.2, -0.15) is 0 Å². The summed E-state index contributed by atoms with van der Waals surface area (Å²) in [5, 5.41) is 0. The summed E-state index contributed by atoms with van der Waals surface area (Å²) in [5.74, 6) is 0. The predicted molar refractivity (Wildman–Crippen MR) is 115 cm³/mol. The Balaban J connectivity index is 6.08. The number of hydrogen-bond acceptors (Lipinski definition) is 6. The van der Waals surface area contributed by atoms with Gasteiger partial charge < -0.3 is 27.5 Å². The van der Waals surface area contributed by atoms with E-state index in [0.717, 1.165) is 13.1 Å². The first kappa shape index (κ1) is 27.0. The van der Waals surface area contributed by atoms with E-state index in [9.17, 15) is 0 Å². The number of nitrogens with zero attached hydrogens (tertiary/aromatic N) is 2. The van der Waals surface area contributed by atoms with Gasteiger partial charge in [0.15, 0.2) is 0 Å². The van der Waals surface area contributed by atoms with Crippen LogP contribution in [0, 0.1) is 0 Å². The Morgan fingerprint density at radius 3 is 0.963 bits per heavy atom. The molecule has 0 rings (SSSR count). The van der Waals surface area contributed by atoms with E-state index in [0.29, 0.717) is 0 Å². The van der Waals surface area contributed by atoms with Gasteiger partial charge in [-0.1, -0.05) is 0 Å². The minimum Gasteiger partial charge on any atom is -0.346 e. The SMILES string of the molecule is CN(C)CC(C)(C)O[Si](OC(C)(C)C)(OC(C)(C)C)OC(C)(C)CN(C)C. The zero-order valence-electron chi connectivity index (χ0n) is 20.4. The van der Waals surface area contributed by atoms with Crippen molar-refractivity contribution in [2.45, 2.75) is 91.6 Å². The summed E-state index contributed by atoms with van der Waals surface area (Å²) >= 11 is 0. The highest BCUT2D eigenvalue weighted by Gasteiger charge is 2.57. The van der Waals surface area contributed by atoms with E-state index < -0.39 is 31.5 Å². The Morgan fingerprint density at radius 1 is 0.519 bits per heavy atom. The molecule has 0 N–H and O–H groups in total. The Hall–Kier alpha value is -0.0231. The summed E-state index contributed by atoms with van der Waals surface area (Å²) in [6, 6.07) is 0. The first-order chi connectivity index (χ1) is 11.7. The van der Waals surface area contributed by atoms with Crippen LogP contribution in [0.4, 0.5) is 0 Å². The van der Waals surface area contributed by atoms with Crippen molar-refractivity contribution in [2.75, 3.05) is 41.3 Å². The van der Waals surface area contributed by atoms with Crippen molar-refractivity contribution in [1.29, 1.82) is 0 Å². The van der Waals surface area contributed by atoms with Crippen molar-refractivity contribution in [3.05, 3.63) is 0 Å². The van der Waals surface area contributed by atoms with E-state index in [-0.39, 0.29) is 0 Å². The van der Waals surface area contributed by atoms with Crippen LogP contribution >= 0.6 is 0 Å². The topological polar surface area (TPSA) is 43.4 Å². The summed E-state index contributed by atoms with van der Waals surface area (Å²) in [6.07, 6.45) is 0. The van der Waals surface area contributed by atoms with Crippen LogP contribution < -0.4 is 0 Å². The number of likely N-dealkylation sites (N-methyl/N-ethyl adjacent to an activating group) is 2. The van der Waals surface area contributed by atoms with Crippen molar-refractivity contribution >= 4 is 9.05 Å². The lowest BCUT2D eigenvalue weighted by molar-refractivity contribution is -0.165. The van der Waals surface area contributed by atoms with Crippen LogP contribution in [0.15, 0.2) is 0 Å². The van der Waals surface area contributed by atoms with Gasteiger partial charge in [0.2, 0.25) is 0 Å². The van der Waals surface area contributed by atoms with Gasteiger partial charge in [0, 0.05) is 13.1 Å². The maximum absolute atomic E-state index is 6.62. The molecule has 0 amide bonds. The molecule has 0 fully saturated rings. The smallest absolute Gasteiger partial charge is 0.346 e. The van der Waals surface area contributed by atoms with Crippen LogP contribution in [0.1, 0.15) is 69.2 Å². The van der Waals surface area contributed by atoms with Crippen LogP contribution in [0.5, 0.6) is 0 Å². The van der Waals surface area contributed by atoms with Gasteiger partial charge in [-0.25, -0.2) is 0 Å². The van der Waals surface area contributed by atoms with Gasteiger partial charge in [0.05, 0.1) is 22.4 Å². The normalized spacial score (nSPS) is 15.1. The largest absolute Gasteiger partial charge is 0.681 e. The van der Waals surface area contributed by atoms with E-state index in [1.807, 2.05) is 69.7 Å². The van der Waals surface area contributed by atoms with Crippen LogP contribution in [0.2, 0.25) is 0 Å². The van der Waals surface area contributed by atoms with E-state index in [2.05, 4.69) is 37.5 Å². The molecule has 0 aliphatic carbocycles. The lowest BCUT2D eigenvalue weighted by Gasteiger charge is -2.46. The zero-order chi connectivity index (χ0) is 21.9. The van der Waals surface area contributed by atoms with Crippen molar-refractivity contribution < 1.29 is 17.7 Å². The Bertz CT molecular complexity index is 410. The third-order valence-electron chi connectivity index (χ3n) is 3.06. The summed E-state index contributed by atoms with van der Waals surface area (Å²) in [6.45, 7) is 21.7. The highest BCUT2D eigenvalue weighted by Crippen LogP contribution is 2.33. The number of hydrogen-bond donors (Lipinski definition) is 0. The first-order valence-electron chi connectivity index (χ1n) is 9.76. The van der Waals surface area contributed by atoms with Crippen LogP contribution in [-0.2, 0) is 17.7 Å². The van der Waals surface area contributed by atoms with Crippen molar-refractivity contribution in [1.82, 2.24) is 9.80 Å². The van der Waals surface area contributed by atoms with Crippen LogP contribution in [0.3, 0.4) is 0 Å². The average Bonchev–Trinajstić information content (AvgIpc) is 2.14. The fraction of sp³-hybridized carbons (Fsp3) is 1.00. The highest BCUT2D eigenvalue weighted by atomic mass is 28.4. The molecule has 0 aromatic carbocycles. The van der Waals surface area contributed by atoms with Gasteiger partial charge in [-0.3, -0.25) is 0 Å². The molecule has 0 aliphatic rings. The standard InChI is InChI=1S/C20H46N2O4Si/c1-17(2,3)23-27(24-18(4,5)6,25-19(7,8)15-21(11)12)26-20(9,10)16-22(13)14/h15-16H2,1-14H3. The van der Waals surface area contributed by atoms with E-state index in [1.165, 1.54) is 0 Å². The monoisotopic (exact) mass is 406 g/mol. The molecule has 0 aromatic heterocycles. The molecule has 164 valence electrons. The van der Waals surface area contributed by atoms with Gasteiger partial charge in [0.25, 0.3) is 0 Å². The molecular formula is C20H46N2O4Si. The fourth-order valence-electron chi connectivity index (χ4n) is 3.14. The molecule has 0 atom stereocenters. The lowest BCUT2D eigenvalue weighted by atomic mass is 10.1. The van der Waals surface area contributed by atoms with Crippen LogP contribution in [-0.4, -0.2) is 82.5 Å². The van der Waals surface area contributed by atoms with E-state index in [1.54, 1.807) is 0 Å². The second-order valence-corrected chi connectivity index (χ2v) is 12.9. The molecular weight excluding hydrogens is 360 g/mol. The Labute approximate surface area is 170 Å². The molecule has 0 bridgehead atoms. The molecule has 6 nitrogen and oxygen atoms in total. The van der Waals surface area contributed by atoms with Crippen molar-refractivity contribution in [3.8, 4) is 0 Å². The third-order valence-corrected chi connectivity index (χ3v) is 6.39. The molecule has 0 heterocycles. The fourth-order valence-corrected chi connectivity index (χ4v) is 6.37. The lowest BCUT2D eigenvalue weighted by Crippen LogP contribution is -2.64. The Morgan fingerprint density at radius 2 is 0.778 bits per heavy atom. The zero-order valence-corrected chi connectivity index (χ0v) is 21.4. The van der Waals surface area contributed by atoms with Gasteiger partial charge >= 0.3 is 9.05 Å². The molecule has 27 heavy (non-hydrogen) atoms. The molecule has 0 saturated heterocycles. The van der Waals surface area contributed by atoms with Crippen molar-refractivity contribution in [2.24, 2.45) is 0 Å². The summed E-state index contributed by atoms with van der Waals surface area (Å²) in [5.41, 5.74) is -1.94.